The van der Waals surface area contributed by atoms with Crippen molar-refractivity contribution < 1.29 is 22.7 Å². The maximum absolute atomic E-state index is 12.7. The highest BCUT2D eigenvalue weighted by molar-refractivity contribution is 5.92. The molecule has 0 saturated carbocycles. The molecule has 10 heteroatoms. The van der Waals surface area contributed by atoms with Gasteiger partial charge in [0.1, 0.15) is 11.3 Å². The van der Waals surface area contributed by atoms with Crippen LogP contribution < -0.4 is 4.74 Å². The summed E-state index contributed by atoms with van der Waals surface area (Å²) in [5.74, 6) is 0.0170. The molecule has 3 aromatic rings. The second-order valence-corrected chi connectivity index (χ2v) is 8.83. The van der Waals surface area contributed by atoms with Crippen LogP contribution in [0, 0.1) is 5.92 Å². The average molecular weight is 483 g/mol. The van der Waals surface area contributed by atoms with E-state index in [1.54, 1.807) is 11.0 Å². The lowest BCUT2D eigenvalue weighted by Crippen LogP contribution is -2.31. The van der Waals surface area contributed by atoms with E-state index >= 15 is 0 Å². The van der Waals surface area contributed by atoms with Gasteiger partial charge in [-0.25, -0.2) is 0 Å². The summed E-state index contributed by atoms with van der Waals surface area (Å²) in [4.78, 5) is 16.9. The van der Waals surface area contributed by atoms with Gasteiger partial charge in [0.25, 0.3) is 0 Å². The number of halogens is 3. The minimum atomic E-state index is -4.73. The van der Waals surface area contributed by atoms with Crippen LogP contribution in [0.2, 0.25) is 0 Å². The topological polar surface area (TPSA) is 74.3 Å². The molecule has 0 radical (unpaired) electrons. The predicted molar refractivity (Wildman–Crippen MR) is 124 cm³/mol. The van der Waals surface area contributed by atoms with Crippen LogP contribution in [0.3, 0.4) is 0 Å². The van der Waals surface area contributed by atoms with Gasteiger partial charge >= 0.3 is 6.36 Å². The third kappa shape index (κ3) is 5.71. The van der Waals surface area contributed by atoms with E-state index in [4.69, 9.17) is 0 Å². The number of alkyl halides is 3. The van der Waals surface area contributed by atoms with E-state index in [1.807, 2.05) is 6.07 Å². The Bertz CT molecular complexity index is 1270. The maximum Gasteiger partial charge on any atom is 0.573 e. The van der Waals surface area contributed by atoms with Gasteiger partial charge < -0.3 is 9.64 Å². The summed E-state index contributed by atoms with van der Waals surface area (Å²) in [5.41, 5.74) is 4.98. The first-order chi connectivity index (χ1) is 16.8. The zero-order chi connectivity index (χ0) is 24.4. The molecule has 1 saturated heterocycles. The van der Waals surface area contributed by atoms with Crippen LogP contribution in [0.15, 0.2) is 60.2 Å². The number of H-pyrrole nitrogens is 1. The summed E-state index contributed by atoms with van der Waals surface area (Å²) < 4.78 is 40.7. The molecule has 3 heterocycles. The Morgan fingerprint density at radius 3 is 2.83 bits per heavy atom. The summed E-state index contributed by atoms with van der Waals surface area (Å²) in [5, 5.41) is 10.8. The van der Waals surface area contributed by atoms with Crippen LogP contribution in [0.4, 0.5) is 13.2 Å². The van der Waals surface area contributed by atoms with E-state index in [0.717, 1.165) is 37.1 Å². The van der Waals surface area contributed by atoms with E-state index in [9.17, 15) is 18.0 Å². The number of rotatable bonds is 5. The summed E-state index contributed by atoms with van der Waals surface area (Å²) in [7, 11) is 0. The van der Waals surface area contributed by atoms with Crippen molar-refractivity contribution in [1.82, 2.24) is 25.2 Å². The molecular formula is C25H24F3N5O2. The number of aromatic amines is 1. The largest absolute Gasteiger partial charge is 0.573 e. The molecule has 182 valence electrons. The molecule has 2 aromatic carbocycles. The van der Waals surface area contributed by atoms with Crippen LogP contribution in [-0.4, -0.2) is 63.7 Å². The minimum absolute atomic E-state index is 0.116. The second-order valence-electron chi connectivity index (χ2n) is 8.83. The molecule has 0 spiro atoms. The molecular weight excluding hydrogens is 459 g/mol. The number of hydrogen-bond donors (Lipinski definition) is 1. The standard InChI is InChI=1S/C25H24F3N5O2/c26-25(27,28)35-21-5-1-17(2-6-21)4-8-24(34)33-11-9-19-15-32(16-20(19)10-12-33)14-18-3-7-22-23(13-18)30-31-29-22/h1-9,13,20H,10-12,14-16H2,(H,29,30,31)/t20-/m1/s1. The first kappa shape index (κ1) is 23.1. The highest BCUT2D eigenvalue weighted by Gasteiger charge is 2.31. The Hall–Kier alpha value is -3.66. The van der Waals surface area contributed by atoms with Crippen LogP contribution in [-0.2, 0) is 11.3 Å². The Morgan fingerprint density at radius 1 is 1.20 bits per heavy atom. The van der Waals surface area contributed by atoms with Gasteiger partial charge in [0.15, 0.2) is 0 Å². The van der Waals surface area contributed by atoms with Gasteiger partial charge in [-0.2, -0.15) is 0 Å². The third-order valence-electron chi connectivity index (χ3n) is 6.37. The predicted octanol–water partition coefficient (Wildman–Crippen LogP) is 4.16. The number of likely N-dealkylation sites (tertiary alicyclic amines) is 1. The van der Waals surface area contributed by atoms with Crippen molar-refractivity contribution >= 4 is 23.0 Å². The molecule has 7 nitrogen and oxygen atoms in total. The summed E-state index contributed by atoms with van der Waals surface area (Å²) in [6.07, 6.45) is 1.40. The van der Waals surface area contributed by atoms with Gasteiger partial charge in [-0.1, -0.05) is 35.1 Å². The monoisotopic (exact) mass is 483 g/mol. The van der Waals surface area contributed by atoms with Crippen LogP contribution in [0.1, 0.15) is 17.5 Å². The van der Waals surface area contributed by atoms with Crippen LogP contribution in [0.5, 0.6) is 5.75 Å². The van der Waals surface area contributed by atoms with Crippen LogP contribution in [0.25, 0.3) is 17.1 Å². The van der Waals surface area contributed by atoms with Crippen molar-refractivity contribution in [2.75, 3.05) is 26.2 Å². The fourth-order valence-electron chi connectivity index (χ4n) is 4.64. The first-order valence-corrected chi connectivity index (χ1v) is 11.4. The third-order valence-corrected chi connectivity index (χ3v) is 6.37. The van der Waals surface area contributed by atoms with E-state index in [2.05, 4.69) is 43.3 Å². The van der Waals surface area contributed by atoms with Gasteiger partial charge in [0, 0.05) is 38.8 Å². The molecule has 0 unspecified atom stereocenters. The van der Waals surface area contributed by atoms with Crippen molar-refractivity contribution in [3.05, 3.63) is 71.3 Å². The Balaban J connectivity index is 1.15. The number of amides is 1. The van der Waals surface area contributed by atoms with E-state index in [-0.39, 0.29) is 11.7 Å². The zero-order valence-corrected chi connectivity index (χ0v) is 18.8. The number of nitrogens with one attached hydrogen (secondary N) is 1. The van der Waals surface area contributed by atoms with Crippen molar-refractivity contribution in [2.24, 2.45) is 5.92 Å². The molecule has 35 heavy (non-hydrogen) atoms. The molecule has 1 N–H and O–H groups in total. The number of carbonyl (C=O) groups excluding carboxylic acids is 1. The summed E-state index contributed by atoms with van der Waals surface area (Å²) in [6.45, 7) is 3.88. The van der Waals surface area contributed by atoms with E-state index < -0.39 is 6.36 Å². The zero-order valence-electron chi connectivity index (χ0n) is 18.8. The number of benzene rings is 2. The van der Waals surface area contributed by atoms with Gasteiger partial charge in [-0.3, -0.25) is 14.8 Å². The SMILES string of the molecule is O=C(C=Cc1ccc(OC(F)(F)F)cc1)N1CC=C2CN(Cc3ccc4[nH]nnc4c3)C[C@H]2CC1. The summed E-state index contributed by atoms with van der Waals surface area (Å²) in [6, 6.07) is 11.6. The number of ether oxygens (including phenoxy) is 1. The fraction of sp³-hybridized carbons (Fsp3) is 0.320. The van der Waals surface area contributed by atoms with E-state index in [0.29, 0.717) is 24.6 Å². The highest BCUT2D eigenvalue weighted by Crippen LogP contribution is 2.29. The summed E-state index contributed by atoms with van der Waals surface area (Å²) >= 11 is 0. The molecule has 2 aliphatic rings. The quantitative estimate of drug-likeness (QED) is 0.436. The minimum Gasteiger partial charge on any atom is -0.406 e. The molecule has 1 fully saturated rings. The van der Waals surface area contributed by atoms with Crippen molar-refractivity contribution in [3.8, 4) is 5.75 Å². The Morgan fingerprint density at radius 2 is 2.03 bits per heavy atom. The number of aromatic nitrogens is 3. The van der Waals surface area contributed by atoms with Gasteiger partial charge in [-0.05, 0) is 53.8 Å². The molecule has 1 atom stereocenters. The number of carbonyl (C=O) groups is 1. The Kier molecular flexibility index (Phi) is 6.29. The number of nitrogens with zero attached hydrogens (tertiary/aromatic N) is 4. The molecule has 0 bridgehead atoms. The number of fused-ring (bicyclic) bond motifs is 2. The van der Waals surface area contributed by atoms with Crippen molar-refractivity contribution in [1.29, 1.82) is 0 Å². The van der Waals surface area contributed by atoms with Crippen molar-refractivity contribution in [3.63, 3.8) is 0 Å². The van der Waals surface area contributed by atoms with Gasteiger partial charge in [-0.15, -0.1) is 18.3 Å². The Labute approximate surface area is 199 Å². The van der Waals surface area contributed by atoms with Gasteiger partial charge in [0.2, 0.25) is 5.91 Å². The molecule has 0 aliphatic carbocycles. The van der Waals surface area contributed by atoms with E-state index in [1.165, 1.54) is 41.5 Å². The molecule has 5 rings (SSSR count). The lowest BCUT2D eigenvalue weighted by molar-refractivity contribution is -0.274. The second kappa shape index (κ2) is 9.53. The molecule has 2 aliphatic heterocycles. The van der Waals surface area contributed by atoms with Crippen LogP contribution >= 0.6 is 0 Å². The smallest absolute Gasteiger partial charge is 0.406 e. The highest BCUT2D eigenvalue weighted by atomic mass is 19.4. The lowest BCUT2D eigenvalue weighted by Gasteiger charge is -2.20. The molecule has 1 aromatic heterocycles. The number of hydrogen-bond acceptors (Lipinski definition) is 5. The average Bonchev–Trinajstić information content (AvgIpc) is 3.39. The fourth-order valence-corrected chi connectivity index (χ4v) is 4.64. The maximum atomic E-state index is 12.7. The molecule has 1 amide bonds. The van der Waals surface area contributed by atoms with Gasteiger partial charge in [0.05, 0.1) is 5.52 Å². The first-order valence-electron chi connectivity index (χ1n) is 11.4. The van der Waals surface area contributed by atoms with Crippen molar-refractivity contribution in [2.45, 2.75) is 19.3 Å². The normalized spacial score (nSPS) is 19.1. The lowest BCUT2D eigenvalue weighted by atomic mass is 10.00.